The van der Waals surface area contributed by atoms with E-state index in [1.807, 2.05) is 0 Å². The third kappa shape index (κ3) is 1.22. The first-order valence-corrected chi connectivity index (χ1v) is 4.21. The minimum atomic E-state index is -1.11. The van der Waals surface area contributed by atoms with E-state index in [1.54, 1.807) is 13.0 Å². The Labute approximate surface area is 83.9 Å². The fraction of sp³-hybridized carbons (Fsp3) is 0.125. The molecule has 0 unspecified atom stereocenters. The smallest absolute Gasteiger partial charge is 0.340 e. The summed E-state index contributed by atoms with van der Waals surface area (Å²) in [5.74, 6) is -1.11. The molecule has 2 aromatic heterocycles. The number of carbonyl (C=O) groups is 1. The standard InChI is InChI=1S/C8H6ClN3O2/c1-4-2-6-10-3-5(8(13)14)7(9)12(6)11-4/h2-3H,1H3,(H,13,14). The lowest BCUT2D eigenvalue weighted by Gasteiger charge is -1.99. The number of rotatable bonds is 1. The number of fused-ring (bicyclic) bond motifs is 1. The van der Waals surface area contributed by atoms with E-state index in [0.717, 1.165) is 5.69 Å². The molecule has 5 nitrogen and oxygen atoms in total. The van der Waals surface area contributed by atoms with Crippen LogP contribution in [0.2, 0.25) is 5.15 Å². The summed E-state index contributed by atoms with van der Waals surface area (Å²) >= 11 is 5.83. The lowest BCUT2D eigenvalue weighted by molar-refractivity contribution is 0.0696. The van der Waals surface area contributed by atoms with Gasteiger partial charge in [-0.3, -0.25) is 0 Å². The van der Waals surface area contributed by atoms with E-state index < -0.39 is 5.97 Å². The maximum absolute atomic E-state index is 10.7. The number of halogens is 1. The highest BCUT2D eigenvalue weighted by molar-refractivity contribution is 6.32. The fourth-order valence-electron chi connectivity index (χ4n) is 1.16. The molecule has 2 aromatic rings. The Morgan fingerprint density at radius 3 is 3.00 bits per heavy atom. The van der Waals surface area contributed by atoms with Gasteiger partial charge in [0.2, 0.25) is 0 Å². The highest BCUT2D eigenvalue weighted by atomic mass is 35.5. The van der Waals surface area contributed by atoms with Crippen LogP contribution >= 0.6 is 11.6 Å². The van der Waals surface area contributed by atoms with Gasteiger partial charge in [0.25, 0.3) is 0 Å². The van der Waals surface area contributed by atoms with Crippen LogP contribution < -0.4 is 0 Å². The maximum atomic E-state index is 10.7. The number of carboxylic acids is 1. The molecule has 0 aliphatic rings. The normalized spacial score (nSPS) is 10.7. The second-order valence-electron chi connectivity index (χ2n) is 2.82. The highest BCUT2D eigenvalue weighted by Gasteiger charge is 2.13. The van der Waals surface area contributed by atoms with Crippen LogP contribution in [-0.4, -0.2) is 25.7 Å². The molecule has 0 fully saturated rings. The van der Waals surface area contributed by atoms with E-state index >= 15 is 0 Å². The highest BCUT2D eigenvalue weighted by Crippen LogP contribution is 2.16. The van der Waals surface area contributed by atoms with Crippen molar-refractivity contribution in [1.82, 2.24) is 14.6 Å². The molecule has 0 bridgehead atoms. The number of aromatic nitrogens is 3. The first-order chi connectivity index (χ1) is 6.59. The predicted molar refractivity (Wildman–Crippen MR) is 49.7 cm³/mol. The summed E-state index contributed by atoms with van der Waals surface area (Å²) < 4.78 is 1.31. The quantitative estimate of drug-likeness (QED) is 0.724. The van der Waals surface area contributed by atoms with Crippen LogP contribution in [0, 0.1) is 6.92 Å². The summed E-state index contributed by atoms with van der Waals surface area (Å²) in [4.78, 5) is 14.6. The first kappa shape index (κ1) is 8.96. The monoisotopic (exact) mass is 211 g/mol. The molecule has 2 rings (SSSR count). The van der Waals surface area contributed by atoms with Crippen LogP contribution in [0.25, 0.3) is 5.65 Å². The molecular formula is C8H6ClN3O2. The molecule has 0 amide bonds. The summed E-state index contributed by atoms with van der Waals surface area (Å²) in [7, 11) is 0. The van der Waals surface area contributed by atoms with Crippen LogP contribution in [0.4, 0.5) is 0 Å². The van der Waals surface area contributed by atoms with Crippen molar-refractivity contribution < 1.29 is 9.90 Å². The molecule has 0 aromatic carbocycles. The molecule has 6 heteroatoms. The minimum Gasteiger partial charge on any atom is -0.478 e. The summed E-state index contributed by atoms with van der Waals surface area (Å²) in [5, 5.41) is 12.8. The van der Waals surface area contributed by atoms with Crippen LogP contribution in [0.15, 0.2) is 12.3 Å². The predicted octanol–water partition coefficient (Wildman–Crippen LogP) is 1.39. The second kappa shape index (κ2) is 2.95. The molecular weight excluding hydrogens is 206 g/mol. The Bertz CT molecular complexity index is 521. The van der Waals surface area contributed by atoms with E-state index in [1.165, 1.54) is 10.7 Å². The van der Waals surface area contributed by atoms with Crippen molar-refractivity contribution >= 4 is 23.2 Å². The number of nitrogens with zero attached hydrogens (tertiary/aromatic N) is 3. The molecule has 0 saturated carbocycles. The average molecular weight is 212 g/mol. The van der Waals surface area contributed by atoms with Gasteiger partial charge < -0.3 is 5.11 Å². The van der Waals surface area contributed by atoms with Gasteiger partial charge in [-0.05, 0) is 6.92 Å². The third-order valence-electron chi connectivity index (χ3n) is 1.78. The van der Waals surface area contributed by atoms with Crippen LogP contribution in [-0.2, 0) is 0 Å². The minimum absolute atomic E-state index is 0.0535. The van der Waals surface area contributed by atoms with Gasteiger partial charge in [0.15, 0.2) is 5.65 Å². The molecule has 0 radical (unpaired) electrons. The van der Waals surface area contributed by atoms with E-state index in [-0.39, 0.29) is 10.7 Å². The van der Waals surface area contributed by atoms with Gasteiger partial charge in [0.05, 0.1) is 5.69 Å². The van der Waals surface area contributed by atoms with Crippen molar-refractivity contribution in [1.29, 1.82) is 0 Å². The fourth-order valence-corrected chi connectivity index (χ4v) is 1.42. The molecule has 72 valence electrons. The summed E-state index contributed by atoms with van der Waals surface area (Å²) in [6, 6.07) is 1.72. The zero-order chi connectivity index (χ0) is 10.3. The maximum Gasteiger partial charge on any atom is 0.340 e. The number of carboxylic acid groups (broad SMARTS) is 1. The lowest BCUT2D eigenvalue weighted by Crippen LogP contribution is -2.03. The van der Waals surface area contributed by atoms with E-state index in [0.29, 0.717) is 5.65 Å². The Balaban J connectivity index is 2.80. The van der Waals surface area contributed by atoms with Crippen molar-refractivity contribution in [3.8, 4) is 0 Å². The molecule has 0 aliphatic heterocycles. The van der Waals surface area contributed by atoms with E-state index in [4.69, 9.17) is 16.7 Å². The van der Waals surface area contributed by atoms with Crippen molar-refractivity contribution in [3.63, 3.8) is 0 Å². The van der Waals surface area contributed by atoms with Gasteiger partial charge in [-0.25, -0.2) is 14.3 Å². The molecule has 2 heterocycles. The van der Waals surface area contributed by atoms with Crippen LogP contribution in [0.3, 0.4) is 0 Å². The number of aromatic carboxylic acids is 1. The van der Waals surface area contributed by atoms with Crippen molar-refractivity contribution in [2.75, 3.05) is 0 Å². The molecule has 0 atom stereocenters. The topological polar surface area (TPSA) is 67.5 Å². The zero-order valence-electron chi connectivity index (χ0n) is 7.23. The van der Waals surface area contributed by atoms with E-state index in [2.05, 4.69) is 10.1 Å². The summed E-state index contributed by atoms with van der Waals surface area (Å²) in [6.45, 7) is 1.78. The number of aryl methyl sites for hydroxylation is 1. The third-order valence-corrected chi connectivity index (χ3v) is 2.14. The lowest BCUT2D eigenvalue weighted by atomic mass is 10.3. The van der Waals surface area contributed by atoms with Crippen molar-refractivity contribution in [2.24, 2.45) is 0 Å². The van der Waals surface area contributed by atoms with Gasteiger partial charge in [-0.2, -0.15) is 5.10 Å². The zero-order valence-corrected chi connectivity index (χ0v) is 7.99. The number of hydrogen-bond acceptors (Lipinski definition) is 3. The van der Waals surface area contributed by atoms with Gasteiger partial charge in [0.1, 0.15) is 10.7 Å². The van der Waals surface area contributed by atoms with E-state index in [9.17, 15) is 4.79 Å². The SMILES string of the molecule is Cc1cc2ncc(C(=O)O)c(Cl)n2n1. The van der Waals surface area contributed by atoms with Crippen LogP contribution in [0.1, 0.15) is 16.1 Å². The van der Waals surface area contributed by atoms with Gasteiger partial charge in [0, 0.05) is 12.3 Å². The molecule has 1 N–H and O–H groups in total. The van der Waals surface area contributed by atoms with Crippen molar-refractivity contribution in [3.05, 3.63) is 28.7 Å². The molecule has 0 spiro atoms. The Morgan fingerprint density at radius 2 is 2.36 bits per heavy atom. The van der Waals surface area contributed by atoms with Crippen LogP contribution in [0.5, 0.6) is 0 Å². The largest absolute Gasteiger partial charge is 0.478 e. The summed E-state index contributed by atoms with van der Waals surface area (Å²) in [5.41, 5.74) is 1.22. The molecule has 0 saturated heterocycles. The van der Waals surface area contributed by atoms with Gasteiger partial charge >= 0.3 is 5.97 Å². The van der Waals surface area contributed by atoms with Gasteiger partial charge in [-0.15, -0.1) is 0 Å². The average Bonchev–Trinajstić information content (AvgIpc) is 2.46. The Morgan fingerprint density at radius 1 is 1.64 bits per heavy atom. The first-order valence-electron chi connectivity index (χ1n) is 3.84. The number of hydrogen-bond donors (Lipinski definition) is 1. The summed E-state index contributed by atoms with van der Waals surface area (Å²) in [6.07, 6.45) is 1.22. The molecule has 0 aliphatic carbocycles. The Hall–Kier alpha value is -1.62. The Kier molecular flexibility index (Phi) is 1.89. The second-order valence-corrected chi connectivity index (χ2v) is 3.18. The van der Waals surface area contributed by atoms with Gasteiger partial charge in [-0.1, -0.05) is 11.6 Å². The van der Waals surface area contributed by atoms with Crippen molar-refractivity contribution in [2.45, 2.75) is 6.92 Å². The molecule has 14 heavy (non-hydrogen) atoms.